The number of piperidine rings is 1. The van der Waals surface area contributed by atoms with E-state index in [1.807, 2.05) is 0 Å². The molecule has 1 fully saturated rings. The van der Waals surface area contributed by atoms with Gasteiger partial charge in [0.05, 0.1) is 0 Å². The molecule has 1 heterocycles. The molecule has 1 N–H and O–H groups in total. The van der Waals surface area contributed by atoms with Crippen LogP contribution in [0.5, 0.6) is 0 Å². The fourth-order valence-corrected chi connectivity index (χ4v) is 2.51. The number of nitrogens with one attached hydrogen (secondary N) is 1. The fourth-order valence-electron chi connectivity index (χ4n) is 2.51. The van der Waals surface area contributed by atoms with Gasteiger partial charge in [-0.2, -0.15) is 0 Å². The molecule has 1 aliphatic heterocycles. The second-order valence-corrected chi connectivity index (χ2v) is 5.23. The molecule has 0 aromatic heterocycles. The standard InChI is InChI=1S/C17H22N2O/c1-2-15-7-9-16(10-8-15)17(20)18-11-6-14-19-12-4-3-5-13-19/h1,7-10H,3-6,11-14H2,(H,18,20). The Bertz CT molecular complexity index is 467. The van der Waals surface area contributed by atoms with E-state index in [-0.39, 0.29) is 5.91 Å². The van der Waals surface area contributed by atoms with Gasteiger partial charge in [-0.25, -0.2) is 0 Å². The summed E-state index contributed by atoms with van der Waals surface area (Å²) in [6.07, 6.45) is 10.3. The van der Waals surface area contributed by atoms with Gasteiger partial charge in [0.1, 0.15) is 0 Å². The zero-order valence-electron chi connectivity index (χ0n) is 11.9. The molecule has 106 valence electrons. The SMILES string of the molecule is C#Cc1ccc(C(=O)NCCCN2CCCCC2)cc1. The Morgan fingerprint density at radius 1 is 1.20 bits per heavy atom. The molecule has 2 rings (SSSR count). The molecule has 0 atom stereocenters. The third-order valence-electron chi connectivity index (χ3n) is 3.70. The number of terminal acetylenes is 1. The third kappa shape index (κ3) is 4.40. The Kier molecular flexibility index (Phi) is 5.64. The second kappa shape index (κ2) is 7.72. The summed E-state index contributed by atoms with van der Waals surface area (Å²) in [5.41, 5.74) is 1.47. The fraction of sp³-hybridized carbons (Fsp3) is 0.471. The summed E-state index contributed by atoms with van der Waals surface area (Å²) in [5, 5.41) is 2.96. The summed E-state index contributed by atoms with van der Waals surface area (Å²) in [4.78, 5) is 14.4. The molecule has 1 aromatic rings. The first-order valence-corrected chi connectivity index (χ1v) is 7.37. The number of amides is 1. The van der Waals surface area contributed by atoms with Crippen molar-refractivity contribution >= 4 is 5.91 Å². The van der Waals surface area contributed by atoms with Gasteiger partial charge in [-0.3, -0.25) is 4.79 Å². The van der Waals surface area contributed by atoms with E-state index < -0.39 is 0 Å². The maximum atomic E-state index is 11.9. The minimum absolute atomic E-state index is 0.0211. The van der Waals surface area contributed by atoms with Crippen LogP contribution in [0.1, 0.15) is 41.6 Å². The Labute approximate surface area is 121 Å². The molecule has 0 spiro atoms. The van der Waals surface area contributed by atoms with Gasteiger partial charge in [0.2, 0.25) is 0 Å². The smallest absolute Gasteiger partial charge is 0.251 e. The molecule has 0 bridgehead atoms. The highest BCUT2D eigenvalue weighted by Gasteiger charge is 2.09. The van der Waals surface area contributed by atoms with Crippen LogP contribution in [0.15, 0.2) is 24.3 Å². The number of benzene rings is 1. The normalized spacial score (nSPS) is 15.6. The van der Waals surface area contributed by atoms with Gasteiger partial charge < -0.3 is 10.2 Å². The van der Waals surface area contributed by atoms with Crippen molar-refractivity contribution in [3.8, 4) is 12.3 Å². The van der Waals surface area contributed by atoms with Crippen molar-refractivity contribution in [1.29, 1.82) is 0 Å². The van der Waals surface area contributed by atoms with Gasteiger partial charge in [0, 0.05) is 17.7 Å². The van der Waals surface area contributed by atoms with Crippen LogP contribution in [0.4, 0.5) is 0 Å². The van der Waals surface area contributed by atoms with Gasteiger partial charge in [0.15, 0.2) is 0 Å². The zero-order chi connectivity index (χ0) is 14.2. The van der Waals surface area contributed by atoms with Crippen molar-refractivity contribution < 1.29 is 4.79 Å². The Hall–Kier alpha value is -1.79. The molecule has 1 aliphatic rings. The minimum atomic E-state index is -0.0211. The Morgan fingerprint density at radius 3 is 2.55 bits per heavy atom. The summed E-state index contributed by atoms with van der Waals surface area (Å²) >= 11 is 0. The highest BCUT2D eigenvalue weighted by Crippen LogP contribution is 2.08. The van der Waals surface area contributed by atoms with Crippen LogP contribution in [0, 0.1) is 12.3 Å². The highest BCUT2D eigenvalue weighted by molar-refractivity contribution is 5.94. The van der Waals surface area contributed by atoms with Crippen LogP contribution in [-0.2, 0) is 0 Å². The van der Waals surface area contributed by atoms with Crippen molar-refractivity contribution in [3.63, 3.8) is 0 Å². The number of carbonyl (C=O) groups is 1. The third-order valence-corrected chi connectivity index (χ3v) is 3.70. The average molecular weight is 270 g/mol. The van der Waals surface area contributed by atoms with E-state index >= 15 is 0 Å². The average Bonchev–Trinajstić information content (AvgIpc) is 2.52. The summed E-state index contributed by atoms with van der Waals surface area (Å²) in [6, 6.07) is 7.13. The van der Waals surface area contributed by atoms with Crippen LogP contribution >= 0.6 is 0 Å². The summed E-state index contributed by atoms with van der Waals surface area (Å²) in [5.74, 6) is 2.52. The summed E-state index contributed by atoms with van der Waals surface area (Å²) < 4.78 is 0. The number of carbonyl (C=O) groups excluding carboxylic acids is 1. The van der Waals surface area contributed by atoms with Crippen molar-refractivity contribution in [1.82, 2.24) is 10.2 Å². The van der Waals surface area contributed by atoms with Crippen molar-refractivity contribution in [2.45, 2.75) is 25.7 Å². The van der Waals surface area contributed by atoms with Gasteiger partial charge in [-0.05, 0) is 63.2 Å². The van der Waals surface area contributed by atoms with Gasteiger partial charge in [-0.15, -0.1) is 6.42 Å². The number of likely N-dealkylation sites (tertiary alicyclic amines) is 1. The maximum absolute atomic E-state index is 11.9. The van der Waals surface area contributed by atoms with Crippen LogP contribution < -0.4 is 5.32 Å². The maximum Gasteiger partial charge on any atom is 0.251 e. The molecule has 1 saturated heterocycles. The lowest BCUT2D eigenvalue weighted by Gasteiger charge is -2.26. The molecule has 3 nitrogen and oxygen atoms in total. The zero-order valence-corrected chi connectivity index (χ0v) is 11.9. The first-order valence-electron chi connectivity index (χ1n) is 7.37. The number of hydrogen-bond donors (Lipinski definition) is 1. The molecule has 1 aromatic carbocycles. The Balaban J connectivity index is 1.67. The van der Waals surface area contributed by atoms with Crippen LogP contribution in [0.3, 0.4) is 0 Å². The lowest BCUT2D eigenvalue weighted by atomic mass is 10.1. The largest absolute Gasteiger partial charge is 0.352 e. The van der Waals surface area contributed by atoms with Crippen LogP contribution in [0.25, 0.3) is 0 Å². The van der Waals surface area contributed by atoms with Crippen LogP contribution in [0.2, 0.25) is 0 Å². The van der Waals surface area contributed by atoms with Gasteiger partial charge in [0.25, 0.3) is 5.91 Å². The molecule has 3 heteroatoms. The monoisotopic (exact) mass is 270 g/mol. The van der Waals surface area contributed by atoms with Crippen molar-refractivity contribution in [3.05, 3.63) is 35.4 Å². The lowest BCUT2D eigenvalue weighted by Crippen LogP contribution is -2.33. The number of hydrogen-bond acceptors (Lipinski definition) is 2. The number of nitrogens with zero attached hydrogens (tertiary/aromatic N) is 1. The van der Waals surface area contributed by atoms with Crippen LogP contribution in [-0.4, -0.2) is 37.0 Å². The van der Waals surface area contributed by atoms with E-state index in [2.05, 4.69) is 16.1 Å². The molecule has 20 heavy (non-hydrogen) atoms. The van der Waals surface area contributed by atoms with E-state index in [9.17, 15) is 4.79 Å². The van der Waals surface area contributed by atoms with Gasteiger partial charge >= 0.3 is 0 Å². The highest BCUT2D eigenvalue weighted by atomic mass is 16.1. The first kappa shape index (κ1) is 14.6. The molecule has 0 aliphatic carbocycles. The Morgan fingerprint density at radius 2 is 1.90 bits per heavy atom. The predicted octanol–water partition coefficient (Wildman–Crippen LogP) is 2.27. The topological polar surface area (TPSA) is 32.3 Å². The van der Waals surface area contributed by atoms with E-state index in [1.54, 1.807) is 24.3 Å². The number of rotatable bonds is 5. The quantitative estimate of drug-likeness (QED) is 0.657. The first-order chi connectivity index (χ1) is 9.79. The molecule has 1 amide bonds. The molecule has 0 radical (unpaired) electrons. The minimum Gasteiger partial charge on any atom is -0.352 e. The lowest BCUT2D eigenvalue weighted by molar-refractivity contribution is 0.0951. The van der Waals surface area contributed by atoms with E-state index in [1.165, 1.54) is 32.4 Å². The molecule has 0 saturated carbocycles. The summed E-state index contributed by atoms with van der Waals surface area (Å²) in [7, 11) is 0. The van der Waals surface area contributed by atoms with Crippen molar-refractivity contribution in [2.75, 3.05) is 26.2 Å². The molecule has 0 unspecified atom stereocenters. The molecular formula is C17H22N2O. The van der Waals surface area contributed by atoms with E-state index in [4.69, 9.17) is 6.42 Å². The second-order valence-electron chi connectivity index (χ2n) is 5.23. The molecular weight excluding hydrogens is 248 g/mol. The van der Waals surface area contributed by atoms with Crippen molar-refractivity contribution in [2.24, 2.45) is 0 Å². The van der Waals surface area contributed by atoms with Gasteiger partial charge in [-0.1, -0.05) is 12.3 Å². The summed E-state index contributed by atoms with van der Waals surface area (Å²) in [6.45, 7) is 4.23. The predicted molar refractivity (Wildman–Crippen MR) is 81.6 cm³/mol. The van der Waals surface area contributed by atoms with E-state index in [0.29, 0.717) is 5.56 Å². The van der Waals surface area contributed by atoms with E-state index in [0.717, 1.165) is 25.1 Å².